The number of hydrogen-bond donors (Lipinski definition) is 2. The van der Waals surface area contributed by atoms with Crippen molar-refractivity contribution in [1.29, 1.82) is 0 Å². The van der Waals surface area contributed by atoms with E-state index in [4.69, 9.17) is 9.15 Å². The number of urea groups is 1. The van der Waals surface area contributed by atoms with Gasteiger partial charge in [-0.2, -0.15) is 11.3 Å². The maximum atomic E-state index is 12.6. The predicted molar refractivity (Wildman–Crippen MR) is 97.4 cm³/mol. The first-order chi connectivity index (χ1) is 12.6. The summed E-state index contributed by atoms with van der Waals surface area (Å²) in [6.45, 7) is 3.10. The van der Waals surface area contributed by atoms with Gasteiger partial charge >= 0.3 is 12.0 Å². The molecule has 138 valence electrons. The number of thiophene rings is 1. The summed E-state index contributed by atoms with van der Waals surface area (Å²) in [7, 11) is 1.93. The third-order valence-electron chi connectivity index (χ3n) is 3.94. The molecule has 2 N–H and O–H groups in total. The summed E-state index contributed by atoms with van der Waals surface area (Å²) in [4.78, 5) is 26.8. The largest absolute Gasteiger partial charge is 0.467 e. The molecule has 26 heavy (non-hydrogen) atoms. The molecule has 0 aromatic carbocycles. The highest BCUT2D eigenvalue weighted by Crippen LogP contribution is 2.28. The molecule has 7 nitrogen and oxygen atoms in total. The molecular weight excluding hydrogens is 354 g/mol. The molecule has 2 amide bonds. The summed E-state index contributed by atoms with van der Waals surface area (Å²) >= 11 is 1.63. The van der Waals surface area contributed by atoms with Gasteiger partial charge in [-0.15, -0.1) is 0 Å². The maximum Gasteiger partial charge on any atom is 0.338 e. The van der Waals surface area contributed by atoms with E-state index < -0.39 is 12.0 Å². The lowest BCUT2D eigenvalue weighted by atomic mass is 10.00. The second-order valence-corrected chi connectivity index (χ2v) is 6.74. The fraction of sp³-hybridized carbons (Fsp3) is 0.333. The Balaban J connectivity index is 1.90. The number of hydrogen-bond acceptors (Lipinski definition) is 6. The van der Waals surface area contributed by atoms with Gasteiger partial charge in [-0.3, -0.25) is 4.90 Å². The number of esters is 1. The van der Waals surface area contributed by atoms with Gasteiger partial charge in [0.25, 0.3) is 0 Å². The summed E-state index contributed by atoms with van der Waals surface area (Å²) in [5, 5.41) is 9.59. The number of nitrogens with zero attached hydrogens (tertiary/aromatic N) is 1. The average Bonchev–Trinajstić information content (AvgIpc) is 3.27. The molecule has 0 saturated heterocycles. The van der Waals surface area contributed by atoms with Crippen LogP contribution in [0.5, 0.6) is 0 Å². The topological polar surface area (TPSA) is 83.8 Å². The van der Waals surface area contributed by atoms with Crippen molar-refractivity contribution in [2.24, 2.45) is 0 Å². The lowest BCUT2D eigenvalue weighted by Crippen LogP contribution is -2.48. The molecule has 1 aliphatic heterocycles. The Hall–Kier alpha value is -2.58. The molecular formula is C18H21N3O4S. The van der Waals surface area contributed by atoms with Crippen LogP contribution in [0.15, 0.2) is 50.9 Å². The minimum absolute atomic E-state index is 0.249. The van der Waals surface area contributed by atoms with Crippen LogP contribution >= 0.6 is 11.3 Å². The minimum atomic E-state index is -0.678. The molecule has 1 aliphatic rings. The highest BCUT2D eigenvalue weighted by Gasteiger charge is 2.35. The fourth-order valence-electron chi connectivity index (χ4n) is 2.88. The number of furan rings is 1. The van der Waals surface area contributed by atoms with Crippen LogP contribution in [0, 0.1) is 0 Å². The molecule has 8 heteroatoms. The third kappa shape index (κ3) is 4.14. The third-order valence-corrected chi connectivity index (χ3v) is 4.67. The van der Waals surface area contributed by atoms with Crippen molar-refractivity contribution in [1.82, 2.24) is 15.5 Å². The zero-order valence-corrected chi connectivity index (χ0v) is 15.5. The first-order valence-electron chi connectivity index (χ1n) is 8.29. The van der Waals surface area contributed by atoms with Crippen LogP contribution in [-0.2, 0) is 16.1 Å². The van der Waals surface area contributed by atoms with Crippen LogP contribution in [0.1, 0.15) is 24.3 Å². The molecule has 2 aromatic rings. The molecule has 2 aromatic heterocycles. The van der Waals surface area contributed by atoms with E-state index in [9.17, 15) is 9.59 Å². The van der Waals surface area contributed by atoms with Crippen LogP contribution in [0.3, 0.4) is 0 Å². The van der Waals surface area contributed by atoms with Gasteiger partial charge in [0.05, 0.1) is 18.4 Å². The first kappa shape index (κ1) is 18.2. The Bertz CT molecular complexity index is 783. The highest BCUT2D eigenvalue weighted by atomic mass is 32.1. The zero-order valence-electron chi connectivity index (χ0n) is 14.7. The van der Waals surface area contributed by atoms with Crippen molar-refractivity contribution >= 4 is 23.3 Å². The molecule has 0 aliphatic carbocycles. The Labute approximate surface area is 155 Å². The maximum absolute atomic E-state index is 12.6. The van der Waals surface area contributed by atoms with E-state index in [0.29, 0.717) is 30.1 Å². The molecule has 0 spiro atoms. The van der Waals surface area contributed by atoms with Crippen molar-refractivity contribution in [3.05, 3.63) is 57.8 Å². The Morgan fingerprint density at radius 2 is 2.23 bits per heavy atom. The normalized spacial score (nSPS) is 17.2. The Morgan fingerprint density at radius 1 is 1.38 bits per heavy atom. The van der Waals surface area contributed by atoms with E-state index in [2.05, 4.69) is 22.1 Å². The predicted octanol–water partition coefficient (Wildman–Crippen LogP) is 2.64. The number of likely N-dealkylation sites (N-methyl/N-ethyl adjacent to an activating group) is 1. The average molecular weight is 375 g/mol. The Kier molecular flexibility index (Phi) is 5.75. The van der Waals surface area contributed by atoms with Gasteiger partial charge in [0.2, 0.25) is 0 Å². The van der Waals surface area contributed by atoms with Gasteiger partial charge in [0.15, 0.2) is 0 Å². The molecule has 1 atom stereocenters. The summed E-state index contributed by atoms with van der Waals surface area (Å²) in [5.41, 5.74) is 2.06. The van der Waals surface area contributed by atoms with Gasteiger partial charge in [0, 0.05) is 18.8 Å². The Morgan fingerprint density at radius 3 is 2.88 bits per heavy atom. The van der Waals surface area contributed by atoms with Gasteiger partial charge in [-0.25, -0.2) is 9.59 Å². The second kappa shape index (κ2) is 8.20. The summed E-state index contributed by atoms with van der Waals surface area (Å²) in [5.74, 6) is 0.0150. The standard InChI is InChI=1S/C18H21N3O4S/c1-3-24-17(22)15-13(10-21(2)9-12-6-8-26-11-12)19-18(23)20-16(15)14-5-4-7-25-14/h4-8,11,16H,3,9-10H2,1-2H3,(H2,19,20,23)/t16-/m1/s1. The van der Waals surface area contributed by atoms with Crippen LogP contribution < -0.4 is 10.6 Å². The van der Waals surface area contributed by atoms with Crippen molar-refractivity contribution in [3.63, 3.8) is 0 Å². The quantitative estimate of drug-likeness (QED) is 0.727. The van der Waals surface area contributed by atoms with Gasteiger partial charge in [-0.05, 0) is 48.5 Å². The van der Waals surface area contributed by atoms with Gasteiger partial charge < -0.3 is 19.8 Å². The number of nitrogens with one attached hydrogen (secondary N) is 2. The SMILES string of the molecule is CCOC(=O)C1=C(CN(C)Cc2ccsc2)NC(=O)N[C@@H]1c1ccco1. The number of carbonyl (C=O) groups is 2. The van der Waals surface area contributed by atoms with Crippen LogP contribution in [0.4, 0.5) is 4.79 Å². The smallest absolute Gasteiger partial charge is 0.338 e. The van der Waals surface area contributed by atoms with Gasteiger partial charge in [0.1, 0.15) is 11.8 Å². The minimum Gasteiger partial charge on any atom is -0.467 e. The van der Waals surface area contributed by atoms with Gasteiger partial charge in [-0.1, -0.05) is 0 Å². The molecule has 0 radical (unpaired) electrons. The zero-order chi connectivity index (χ0) is 18.5. The molecule has 0 bridgehead atoms. The summed E-state index contributed by atoms with van der Waals surface area (Å²) in [6.07, 6.45) is 1.51. The van der Waals surface area contributed by atoms with Crippen molar-refractivity contribution in [2.45, 2.75) is 19.5 Å². The van der Waals surface area contributed by atoms with Crippen LogP contribution in [0.25, 0.3) is 0 Å². The second-order valence-electron chi connectivity index (χ2n) is 5.96. The van der Waals surface area contributed by atoms with E-state index in [-0.39, 0.29) is 12.6 Å². The van der Waals surface area contributed by atoms with E-state index in [1.54, 1.807) is 30.4 Å². The van der Waals surface area contributed by atoms with Crippen molar-refractivity contribution < 1.29 is 18.7 Å². The molecule has 0 saturated carbocycles. The summed E-state index contributed by atoms with van der Waals surface area (Å²) in [6, 6.07) is 4.44. The molecule has 3 rings (SSSR count). The number of rotatable bonds is 7. The van der Waals surface area contributed by atoms with Crippen molar-refractivity contribution in [2.75, 3.05) is 20.2 Å². The number of ether oxygens (including phenoxy) is 1. The van der Waals surface area contributed by atoms with E-state index >= 15 is 0 Å². The van der Waals surface area contributed by atoms with Crippen LogP contribution in [0.2, 0.25) is 0 Å². The molecule has 3 heterocycles. The summed E-state index contributed by atoms with van der Waals surface area (Å²) < 4.78 is 10.6. The lowest BCUT2D eigenvalue weighted by Gasteiger charge is -2.29. The van der Waals surface area contributed by atoms with E-state index in [1.807, 2.05) is 17.3 Å². The highest BCUT2D eigenvalue weighted by molar-refractivity contribution is 7.07. The van der Waals surface area contributed by atoms with E-state index in [1.165, 1.54) is 11.8 Å². The molecule has 0 unspecified atom stereocenters. The van der Waals surface area contributed by atoms with Crippen LogP contribution in [-0.4, -0.2) is 37.1 Å². The fourth-order valence-corrected chi connectivity index (χ4v) is 3.54. The molecule has 0 fully saturated rings. The monoisotopic (exact) mass is 375 g/mol. The first-order valence-corrected chi connectivity index (χ1v) is 9.23. The van der Waals surface area contributed by atoms with E-state index in [0.717, 1.165) is 0 Å². The van der Waals surface area contributed by atoms with Crippen molar-refractivity contribution in [3.8, 4) is 0 Å². The number of carbonyl (C=O) groups excluding carboxylic acids is 2. The lowest BCUT2D eigenvalue weighted by molar-refractivity contribution is -0.139. The number of amides is 2.